The van der Waals surface area contributed by atoms with Crippen molar-refractivity contribution in [3.05, 3.63) is 78.9 Å². The maximum atomic E-state index is 12.3. The second-order valence-electron chi connectivity index (χ2n) is 6.89. The van der Waals surface area contributed by atoms with Gasteiger partial charge in [0.05, 0.1) is 5.52 Å². The number of ether oxygens (including phenoxy) is 1. The van der Waals surface area contributed by atoms with Crippen LogP contribution in [0.25, 0.3) is 22.2 Å². The van der Waals surface area contributed by atoms with Gasteiger partial charge in [-0.2, -0.15) is 9.78 Å². The van der Waals surface area contributed by atoms with Crippen molar-refractivity contribution >= 4 is 34.4 Å². The Kier molecular flexibility index (Phi) is 5.57. The van der Waals surface area contributed by atoms with Gasteiger partial charge in [-0.15, -0.1) is 0 Å². The highest BCUT2D eigenvalue weighted by molar-refractivity contribution is 6.05. The van der Waals surface area contributed by atoms with Gasteiger partial charge < -0.3 is 10.1 Å². The van der Waals surface area contributed by atoms with Crippen LogP contribution in [-0.2, 0) is 9.59 Å². The van der Waals surface area contributed by atoms with Crippen LogP contribution in [0.1, 0.15) is 18.1 Å². The van der Waals surface area contributed by atoms with E-state index in [-0.39, 0.29) is 5.91 Å². The Hall–Kier alpha value is -4.26. The topological polar surface area (TPSA) is 90.3 Å². The van der Waals surface area contributed by atoms with Crippen molar-refractivity contribution < 1.29 is 19.1 Å². The molecule has 0 atom stereocenters. The van der Waals surface area contributed by atoms with Crippen molar-refractivity contribution in [3.63, 3.8) is 0 Å². The molecule has 0 saturated carbocycles. The van der Waals surface area contributed by atoms with Gasteiger partial charge in [-0.25, -0.2) is 0 Å². The number of hydrogen-bond donors (Lipinski definition) is 1. The largest absolute Gasteiger partial charge is 0.426 e. The number of carbonyl (C=O) groups excluding carboxylic acids is 3. The predicted molar refractivity (Wildman–Crippen MR) is 117 cm³/mol. The molecule has 1 heterocycles. The molecule has 0 aliphatic carbocycles. The molecular formula is C24H19N3O4. The van der Waals surface area contributed by atoms with Gasteiger partial charge in [0.2, 0.25) is 11.8 Å². The van der Waals surface area contributed by atoms with Crippen molar-refractivity contribution in [1.82, 2.24) is 9.78 Å². The van der Waals surface area contributed by atoms with E-state index in [1.165, 1.54) is 11.6 Å². The zero-order chi connectivity index (χ0) is 21.8. The molecule has 1 aromatic heterocycles. The molecular weight excluding hydrogens is 394 g/mol. The first-order chi connectivity index (χ1) is 15.0. The maximum absolute atomic E-state index is 12.3. The summed E-state index contributed by atoms with van der Waals surface area (Å²) in [4.78, 5) is 36.4. The van der Waals surface area contributed by atoms with Crippen LogP contribution in [0.2, 0.25) is 0 Å². The lowest BCUT2D eigenvalue weighted by molar-refractivity contribution is -0.137. The van der Waals surface area contributed by atoms with Gasteiger partial charge in [-0.3, -0.25) is 14.4 Å². The summed E-state index contributed by atoms with van der Waals surface area (Å²) in [7, 11) is 0. The van der Waals surface area contributed by atoms with Crippen molar-refractivity contribution in [2.75, 3.05) is 5.32 Å². The maximum Gasteiger partial charge on any atom is 0.320 e. The summed E-state index contributed by atoms with van der Waals surface area (Å²) in [6.07, 6.45) is -0.425. The van der Waals surface area contributed by atoms with E-state index in [1.54, 1.807) is 48.5 Å². The minimum absolute atomic E-state index is 0.215. The summed E-state index contributed by atoms with van der Waals surface area (Å²) < 4.78 is 6.48. The number of esters is 1. The van der Waals surface area contributed by atoms with Crippen molar-refractivity contribution in [1.29, 1.82) is 0 Å². The Bertz CT molecular complexity index is 1260. The van der Waals surface area contributed by atoms with Crippen LogP contribution in [0.5, 0.6) is 5.75 Å². The van der Waals surface area contributed by atoms with Gasteiger partial charge in [0.1, 0.15) is 17.9 Å². The molecule has 0 aliphatic rings. The number of aromatic nitrogens is 2. The summed E-state index contributed by atoms with van der Waals surface area (Å²) >= 11 is 0. The van der Waals surface area contributed by atoms with Gasteiger partial charge in [-0.1, -0.05) is 48.5 Å². The SMILES string of the molecule is CC(=O)n1nc(-c2ccccc2)c2cc(NC(=O)CC(=O)Oc3ccccc3)ccc21. The normalized spacial score (nSPS) is 10.6. The van der Waals surface area contributed by atoms with Gasteiger partial charge >= 0.3 is 5.97 Å². The first kappa shape index (κ1) is 20.0. The molecule has 0 fully saturated rings. The Morgan fingerprint density at radius 1 is 0.935 bits per heavy atom. The van der Waals surface area contributed by atoms with Crippen molar-refractivity contribution in [2.24, 2.45) is 0 Å². The summed E-state index contributed by atoms with van der Waals surface area (Å²) in [5, 5.41) is 7.88. The number of hydrogen-bond acceptors (Lipinski definition) is 5. The molecule has 0 spiro atoms. The number of fused-ring (bicyclic) bond motifs is 1. The third kappa shape index (κ3) is 4.51. The lowest BCUT2D eigenvalue weighted by atomic mass is 10.1. The molecule has 1 N–H and O–H groups in total. The van der Waals surface area contributed by atoms with E-state index >= 15 is 0 Å². The fourth-order valence-electron chi connectivity index (χ4n) is 3.24. The number of carbonyl (C=O) groups is 3. The molecule has 7 nitrogen and oxygen atoms in total. The number of benzene rings is 3. The van der Waals surface area contributed by atoms with Crippen LogP contribution in [0.3, 0.4) is 0 Å². The van der Waals surface area contributed by atoms with Crippen molar-refractivity contribution in [2.45, 2.75) is 13.3 Å². The van der Waals surface area contributed by atoms with Gasteiger partial charge in [0, 0.05) is 23.6 Å². The number of amides is 1. The number of nitrogens with zero attached hydrogens (tertiary/aromatic N) is 2. The first-order valence-corrected chi connectivity index (χ1v) is 9.66. The number of anilines is 1. The van der Waals surface area contributed by atoms with Crippen LogP contribution in [0, 0.1) is 0 Å². The fourth-order valence-corrected chi connectivity index (χ4v) is 3.24. The molecule has 0 saturated heterocycles. The van der Waals surface area contributed by atoms with E-state index in [0.29, 0.717) is 28.0 Å². The molecule has 4 aromatic rings. The molecule has 7 heteroatoms. The number of rotatable bonds is 5. The minimum Gasteiger partial charge on any atom is -0.426 e. The lowest BCUT2D eigenvalue weighted by Crippen LogP contribution is -2.19. The lowest BCUT2D eigenvalue weighted by Gasteiger charge is -2.07. The third-order valence-corrected chi connectivity index (χ3v) is 4.59. The highest BCUT2D eigenvalue weighted by Gasteiger charge is 2.17. The number of para-hydroxylation sites is 1. The van der Waals surface area contributed by atoms with Crippen LogP contribution < -0.4 is 10.1 Å². The third-order valence-electron chi connectivity index (χ3n) is 4.59. The second-order valence-corrected chi connectivity index (χ2v) is 6.89. The summed E-state index contributed by atoms with van der Waals surface area (Å²) in [6.45, 7) is 1.44. The predicted octanol–water partition coefficient (Wildman–Crippen LogP) is 4.30. The zero-order valence-electron chi connectivity index (χ0n) is 16.7. The molecule has 4 rings (SSSR count). The van der Waals surface area contributed by atoms with Crippen LogP contribution in [0.15, 0.2) is 78.9 Å². The van der Waals surface area contributed by atoms with E-state index in [2.05, 4.69) is 10.4 Å². The molecule has 0 bridgehead atoms. The Labute approximate surface area is 178 Å². The quantitative estimate of drug-likeness (QED) is 0.299. The second kappa shape index (κ2) is 8.62. The van der Waals surface area contributed by atoms with Crippen LogP contribution in [-0.4, -0.2) is 27.6 Å². The standard InChI is InChI=1S/C24H19N3O4/c1-16(28)27-21-13-12-18(14-20(21)24(26-27)17-8-4-2-5-9-17)25-22(29)15-23(30)31-19-10-6-3-7-11-19/h2-14H,15H2,1H3,(H,25,29). The molecule has 0 aliphatic heterocycles. The molecule has 31 heavy (non-hydrogen) atoms. The monoisotopic (exact) mass is 413 g/mol. The Balaban J connectivity index is 1.56. The molecule has 1 amide bonds. The first-order valence-electron chi connectivity index (χ1n) is 9.66. The van der Waals surface area contributed by atoms with E-state index < -0.39 is 18.3 Å². The average Bonchev–Trinajstić information content (AvgIpc) is 3.14. The molecule has 3 aromatic carbocycles. The van der Waals surface area contributed by atoms with Crippen LogP contribution in [0.4, 0.5) is 5.69 Å². The highest BCUT2D eigenvalue weighted by atomic mass is 16.5. The molecule has 0 unspecified atom stereocenters. The van der Waals surface area contributed by atoms with E-state index in [0.717, 1.165) is 5.56 Å². The van der Waals surface area contributed by atoms with E-state index in [1.807, 2.05) is 30.3 Å². The average molecular weight is 413 g/mol. The fraction of sp³-hybridized carbons (Fsp3) is 0.0833. The Morgan fingerprint density at radius 3 is 2.29 bits per heavy atom. The summed E-state index contributed by atoms with van der Waals surface area (Å²) in [5.41, 5.74) is 2.60. The summed E-state index contributed by atoms with van der Waals surface area (Å²) in [6, 6.07) is 23.2. The van der Waals surface area contributed by atoms with Crippen LogP contribution >= 0.6 is 0 Å². The molecule has 154 valence electrons. The smallest absolute Gasteiger partial charge is 0.320 e. The van der Waals surface area contributed by atoms with Gasteiger partial charge in [0.25, 0.3) is 0 Å². The van der Waals surface area contributed by atoms with E-state index in [9.17, 15) is 14.4 Å². The van der Waals surface area contributed by atoms with Gasteiger partial charge in [-0.05, 0) is 30.3 Å². The molecule has 0 radical (unpaired) electrons. The van der Waals surface area contributed by atoms with Gasteiger partial charge in [0.15, 0.2) is 0 Å². The highest BCUT2D eigenvalue weighted by Crippen LogP contribution is 2.30. The summed E-state index contributed by atoms with van der Waals surface area (Å²) in [5.74, 6) is -0.988. The van der Waals surface area contributed by atoms with E-state index in [4.69, 9.17) is 4.74 Å². The number of nitrogens with one attached hydrogen (secondary N) is 1. The zero-order valence-corrected chi connectivity index (χ0v) is 16.7. The minimum atomic E-state index is -0.654. The Morgan fingerprint density at radius 2 is 1.61 bits per heavy atom. The van der Waals surface area contributed by atoms with Crippen molar-refractivity contribution in [3.8, 4) is 17.0 Å².